The van der Waals surface area contributed by atoms with Crippen LogP contribution in [-0.4, -0.2) is 17.8 Å². The van der Waals surface area contributed by atoms with E-state index in [0.29, 0.717) is 12.0 Å². The molecule has 0 amide bonds. The van der Waals surface area contributed by atoms with Gasteiger partial charge >= 0.3 is 0 Å². The first-order valence-corrected chi connectivity index (χ1v) is 6.71. The lowest BCUT2D eigenvalue weighted by molar-refractivity contribution is 0.202. The maximum atomic E-state index is 8.88. The van der Waals surface area contributed by atoms with E-state index in [9.17, 15) is 0 Å². The van der Waals surface area contributed by atoms with E-state index in [-0.39, 0.29) is 6.61 Å². The molecule has 3 fully saturated rings. The van der Waals surface area contributed by atoms with Crippen molar-refractivity contribution in [1.29, 1.82) is 0 Å². The van der Waals surface area contributed by atoms with Gasteiger partial charge in [-0.1, -0.05) is 25.3 Å². The van der Waals surface area contributed by atoms with E-state index in [1.165, 1.54) is 37.8 Å². The van der Waals surface area contributed by atoms with Gasteiger partial charge in [-0.05, 0) is 31.1 Å². The maximum absolute atomic E-state index is 8.88. The number of hydrogen-bond acceptors (Lipinski definition) is 3. The highest BCUT2D eigenvalue weighted by molar-refractivity contribution is 5.15. The number of aliphatic hydroxyl groups excluding tert-OH is 1. The smallest absolute Gasteiger partial charge is 0.0466 e. The molecule has 3 heteroatoms. The van der Waals surface area contributed by atoms with Gasteiger partial charge in [0.2, 0.25) is 0 Å². The minimum Gasteiger partial charge on any atom is -0.396 e. The van der Waals surface area contributed by atoms with Gasteiger partial charge < -0.3 is 10.5 Å². The Morgan fingerprint density at radius 2 is 2.06 bits per heavy atom. The first-order chi connectivity index (χ1) is 7.88. The van der Waals surface area contributed by atoms with Crippen LogP contribution in [-0.2, 0) is 0 Å². The molecule has 2 saturated carbocycles. The number of aliphatic hydroxyl groups is 1. The van der Waals surface area contributed by atoms with E-state index in [1.54, 1.807) is 0 Å². The molecule has 2 aliphatic carbocycles. The lowest BCUT2D eigenvalue weighted by Gasteiger charge is -2.33. The summed E-state index contributed by atoms with van der Waals surface area (Å²) in [6.45, 7) is 0.259. The average molecular weight is 222 g/mol. The van der Waals surface area contributed by atoms with Crippen LogP contribution >= 0.6 is 0 Å². The molecule has 0 spiro atoms. The van der Waals surface area contributed by atoms with Crippen LogP contribution in [0.4, 0.5) is 0 Å². The fraction of sp³-hybridized carbons (Fsp3) is 0.846. The third-order valence-corrected chi connectivity index (χ3v) is 4.71. The Kier molecular flexibility index (Phi) is 2.90. The minimum absolute atomic E-state index is 0.259. The van der Waals surface area contributed by atoms with Gasteiger partial charge in [-0.15, -0.1) is 0 Å². The molecule has 3 N–H and O–H groups in total. The van der Waals surface area contributed by atoms with Gasteiger partial charge in [0.15, 0.2) is 0 Å². The molecule has 4 unspecified atom stereocenters. The average Bonchev–Trinajstić information content (AvgIpc) is 2.89. The quantitative estimate of drug-likeness (QED) is 0.664. The first-order valence-electron chi connectivity index (χ1n) is 6.71. The maximum Gasteiger partial charge on any atom is 0.0466 e. The molecule has 1 aliphatic heterocycles. The Morgan fingerprint density at radius 3 is 2.88 bits per heavy atom. The highest BCUT2D eigenvalue weighted by Gasteiger charge is 2.43. The molecule has 0 bridgehead atoms. The number of fused-ring (bicyclic) bond motifs is 2. The molecule has 0 aromatic carbocycles. The second kappa shape index (κ2) is 4.38. The van der Waals surface area contributed by atoms with Gasteiger partial charge in [0, 0.05) is 24.3 Å². The van der Waals surface area contributed by atoms with E-state index in [4.69, 9.17) is 5.11 Å². The van der Waals surface area contributed by atoms with Crippen LogP contribution in [0.3, 0.4) is 0 Å². The van der Waals surface area contributed by atoms with Crippen molar-refractivity contribution < 1.29 is 5.11 Å². The van der Waals surface area contributed by atoms with Crippen LogP contribution in [0.25, 0.3) is 0 Å². The molecule has 16 heavy (non-hydrogen) atoms. The van der Waals surface area contributed by atoms with Crippen molar-refractivity contribution in [2.24, 2.45) is 17.8 Å². The molecule has 0 aromatic rings. The largest absolute Gasteiger partial charge is 0.396 e. The van der Waals surface area contributed by atoms with Crippen molar-refractivity contribution in [1.82, 2.24) is 10.9 Å². The van der Waals surface area contributed by atoms with Crippen molar-refractivity contribution in [3.63, 3.8) is 0 Å². The van der Waals surface area contributed by atoms with Crippen molar-refractivity contribution in [3.05, 3.63) is 11.8 Å². The van der Waals surface area contributed by atoms with Gasteiger partial charge in [-0.2, -0.15) is 0 Å². The standard InChI is InChI=1S/C13H22N2O/c16-6-2-5-12-11-7-9-3-1-4-10(9)8-13(11)15-14-12/h5,9-11,13-16H,1-4,6-8H2. The van der Waals surface area contributed by atoms with Crippen molar-refractivity contribution >= 4 is 0 Å². The second-order valence-electron chi connectivity index (χ2n) is 5.58. The Hall–Kier alpha value is -0.540. The number of rotatable bonds is 2. The SMILES string of the molecule is OCCC=C1NNC2CC3CCCC3CC12. The predicted octanol–water partition coefficient (Wildman–Crippen LogP) is 1.56. The van der Waals surface area contributed by atoms with Crippen LogP contribution < -0.4 is 10.9 Å². The lowest BCUT2D eigenvalue weighted by atomic mass is 9.72. The second-order valence-corrected chi connectivity index (χ2v) is 5.58. The highest BCUT2D eigenvalue weighted by Crippen LogP contribution is 2.46. The fourth-order valence-corrected chi connectivity index (χ4v) is 3.91. The van der Waals surface area contributed by atoms with Gasteiger partial charge in [0.1, 0.15) is 0 Å². The Bertz CT molecular complexity index is 290. The molecule has 1 heterocycles. The fourth-order valence-electron chi connectivity index (χ4n) is 3.91. The van der Waals surface area contributed by atoms with Crippen LogP contribution in [0.1, 0.15) is 38.5 Å². The van der Waals surface area contributed by atoms with Gasteiger partial charge in [0.25, 0.3) is 0 Å². The summed E-state index contributed by atoms with van der Waals surface area (Å²) < 4.78 is 0. The molecule has 3 rings (SSSR count). The molecule has 90 valence electrons. The Labute approximate surface area is 97.3 Å². The Balaban J connectivity index is 1.70. The zero-order chi connectivity index (χ0) is 11.0. The van der Waals surface area contributed by atoms with Crippen molar-refractivity contribution in [2.75, 3.05) is 6.61 Å². The van der Waals surface area contributed by atoms with E-state index >= 15 is 0 Å². The summed E-state index contributed by atoms with van der Waals surface area (Å²) in [6, 6.07) is 0.643. The van der Waals surface area contributed by atoms with Gasteiger partial charge in [-0.25, -0.2) is 5.43 Å². The van der Waals surface area contributed by atoms with Gasteiger partial charge in [-0.3, -0.25) is 0 Å². The molecule has 3 nitrogen and oxygen atoms in total. The summed E-state index contributed by atoms with van der Waals surface area (Å²) in [5, 5.41) is 8.88. The zero-order valence-corrected chi connectivity index (χ0v) is 9.78. The summed E-state index contributed by atoms with van der Waals surface area (Å²) in [5.41, 5.74) is 8.09. The van der Waals surface area contributed by atoms with E-state index in [1.807, 2.05) is 0 Å². The van der Waals surface area contributed by atoms with Gasteiger partial charge in [0.05, 0.1) is 0 Å². The molecule has 0 aromatic heterocycles. The molecular weight excluding hydrogens is 200 g/mol. The zero-order valence-electron chi connectivity index (χ0n) is 9.78. The van der Waals surface area contributed by atoms with E-state index in [2.05, 4.69) is 16.9 Å². The summed E-state index contributed by atoms with van der Waals surface area (Å²) in [4.78, 5) is 0. The summed E-state index contributed by atoms with van der Waals surface area (Å²) >= 11 is 0. The topological polar surface area (TPSA) is 44.3 Å². The van der Waals surface area contributed by atoms with Crippen LogP contribution in [0.5, 0.6) is 0 Å². The lowest BCUT2D eigenvalue weighted by Crippen LogP contribution is -2.38. The summed E-state index contributed by atoms with van der Waals surface area (Å²) in [7, 11) is 0. The number of nitrogens with one attached hydrogen (secondary N) is 2. The molecule has 4 atom stereocenters. The normalized spacial score (nSPS) is 44.2. The monoisotopic (exact) mass is 222 g/mol. The van der Waals surface area contributed by atoms with Crippen LogP contribution in [0, 0.1) is 17.8 Å². The number of hydrogen-bond donors (Lipinski definition) is 3. The molecule has 0 radical (unpaired) electrons. The molecule has 1 saturated heterocycles. The Morgan fingerprint density at radius 1 is 1.25 bits per heavy atom. The van der Waals surface area contributed by atoms with E-state index < -0.39 is 0 Å². The number of hydrazine groups is 1. The summed E-state index contributed by atoms with van der Waals surface area (Å²) in [6.07, 6.45) is 9.99. The molecule has 3 aliphatic rings. The van der Waals surface area contributed by atoms with Crippen LogP contribution in [0.15, 0.2) is 11.8 Å². The summed E-state index contributed by atoms with van der Waals surface area (Å²) in [5.74, 6) is 2.64. The predicted molar refractivity (Wildman–Crippen MR) is 63.4 cm³/mol. The van der Waals surface area contributed by atoms with Crippen LogP contribution in [0.2, 0.25) is 0 Å². The van der Waals surface area contributed by atoms with Crippen molar-refractivity contribution in [2.45, 2.75) is 44.6 Å². The highest BCUT2D eigenvalue weighted by atomic mass is 16.2. The van der Waals surface area contributed by atoms with E-state index in [0.717, 1.165) is 18.3 Å². The minimum atomic E-state index is 0.259. The third kappa shape index (κ3) is 1.76. The molecular formula is C13H22N2O. The first kappa shape index (κ1) is 10.6. The van der Waals surface area contributed by atoms with Crippen molar-refractivity contribution in [3.8, 4) is 0 Å². The third-order valence-electron chi connectivity index (χ3n) is 4.71.